The van der Waals surface area contributed by atoms with E-state index >= 15 is 0 Å². The predicted molar refractivity (Wildman–Crippen MR) is 92.1 cm³/mol. The average molecular weight is 326 g/mol. The lowest BCUT2D eigenvalue weighted by Gasteiger charge is -2.35. The number of methoxy groups -OCH3 is 1. The van der Waals surface area contributed by atoms with Crippen LogP contribution >= 0.6 is 0 Å². The fourth-order valence-corrected chi connectivity index (χ4v) is 2.85. The fourth-order valence-electron chi connectivity index (χ4n) is 2.85. The number of aromatic nitrogens is 2. The van der Waals surface area contributed by atoms with Crippen molar-refractivity contribution >= 4 is 11.7 Å². The first-order valence-electron chi connectivity index (χ1n) is 8.19. The summed E-state index contributed by atoms with van der Waals surface area (Å²) in [7, 11) is 1.65. The Morgan fingerprint density at radius 1 is 1.12 bits per heavy atom. The average Bonchev–Trinajstić information content (AvgIpc) is 2.67. The summed E-state index contributed by atoms with van der Waals surface area (Å²) in [5, 5.41) is 8.03. The first-order chi connectivity index (χ1) is 11.8. The first kappa shape index (κ1) is 16.2. The SMILES string of the molecule is COc1ccc(CCC(=O)N2CCN(c3cccnn3)CC2)cc1. The van der Waals surface area contributed by atoms with E-state index in [0.717, 1.165) is 49.7 Å². The van der Waals surface area contributed by atoms with Gasteiger partial charge in [-0.05, 0) is 36.2 Å². The van der Waals surface area contributed by atoms with E-state index in [4.69, 9.17) is 4.74 Å². The van der Waals surface area contributed by atoms with Crippen molar-refractivity contribution < 1.29 is 9.53 Å². The van der Waals surface area contributed by atoms with Gasteiger partial charge in [-0.1, -0.05) is 12.1 Å². The normalized spacial score (nSPS) is 14.5. The number of hydrogen-bond acceptors (Lipinski definition) is 5. The van der Waals surface area contributed by atoms with Gasteiger partial charge in [0.1, 0.15) is 5.75 Å². The number of hydrogen-bond donors (Lipinski definition) is 0. The van der Waals surface area contributed by atoms with Gasteiger partial charge in [-0.15, -0.1) is 5.10 Å². The zero-order valence-electron chi connectivity index (χ0n) is 13.9. The van der Waals surface area contributed by atoms with Crippen LogP contribution < -0.4 is 9.64 Å². The molecule has 0 spiro atoms. The lowest BCUT2D eigenvalue weighted by molar-refractivity contribution is -0.131. The van der Waals surface area contributed by atoms with Gasteiger partial charge in [0.05, 0.1) is 7.11 Å². The minimum absolute atomic E-state index is 0.213. The zero-order chi connectivity index (χ0) is 16.8. The highest BCUT2D eigenvalue weighted by Gasteiger charge is 2.21. The summed E-state index contributed by atoms with van der Waals surface area (Å²) in [6.45, 7) is 3.07. The van der Waals surface area contributed by atoms with Crippen molar-refractivity contribution in [3.05, 3.63) is 48.2 Å². The number of carbonyl (C=O) groups is 1. The molecular weight excluding hydrogens is 304 g/mol. The Bertz CT molecular complexity index is 652. The van der Waals surface area contributed by atoms with Crippen molar-refractivity contribution in [3.63, 3.8) is 0 Å². The summed E-state index contributed by atoms with van der Waals surface area (Å²) < 4.78 is 5.15. The maximum Gasteiger partial charge on any atom is 0.223 e. The predicted octanol–water partition coefficient (Wildman–Crippen LogP) is 1.77. The van der Waals surface area contributed by atoms with E-state index in [-0.39, 0.29) is 5.91 Å². The second-order valence-electron chi connectivity index (χ2n) is 5.80. The van der Waals surface area contributed by atoms with E-state index in [1.165, 1.54) is 0 Å². The van der Waals surface area contributed by atoms with Crippen LogP contribution in [0.15, 0.2) is 42.6 Å². The molecule has 0 aliphatic carbocycles. The molecule has 1 aromatic carbocycles. The minimum Gasteiger partial charge on any atom is -0.497 e. The maximum absolute atomic E-state index is 12.4. The third-order valence-corrected chi connectivity index (χ3v) is 4.30. The van der Waals surface area contributed by atoms with Crippen LogP contribution in [0, 0.1) is 0 Å². The van der Waals surface area contributed by atoms with Crippen molar-refractivity contribution in [2.45, 2.75) is 12.8 Å². The monoisotopic (exact) mass is 326 g/mol. The molecule has 6 heteroatoms. The molecule has 0 unspecified atom stereocenters. The van der Waals surface area contributed by atoms with Gasteiger partial charge in [0.15, 0.2) is 5.82 Å². The second kappa shape index (κ2) is 7.77. The number of ether oxygens (including phenoxy) is 1. The fraction of sp³-hybridized carbons (Fsp3) is 0.389. The molecule has 0 N–H and O–H groups in total. The second-order valence-corrected chi connectivity index (χ2v) is 5.80. The Morgan fingerprint density at radius 2 is 1.88 bits per heavy atom. The molecule has 6 nitrogen and oxygen atoms in total. The molecule has 0 saturated carbocycles. The van der Waals surface area contributed by atoms with Crippen LogP contribution in [0.4, 0.5) is 5.82 Å². The zero-order valence-corrected chi connectivity index (χ0v) is 13.9. The molecule has 2 aromatic rings. The van der Waals surface area contributed by atoms with Gasteiger partial charge in [-0.25, -0.2) is 0 Å². The standard InChI is InChI=1S/C18H22N4O2/c1-24-16-7-4-15(5-8-16)6-9-18(23)22-13-11-21(12-14-22)17-3-2-10-19-20-17/h2-5,7-8,10H,6,9,11-14H2,1H3. The number of anilines is 1. The van der Waals surface area contributed by atoms with Crippen molar-refractivity contribution in [2.75, 3.05) is 38.2 Å². The first-order valence-corrected chi connectivity index (χ1v) is 8.19. The summed E-state index contributed by atoms with van der Waals surface area (Å²) >= 11 is 0. The molecule has 0 atom stereocenters. The maximum atomic E-state index is 12.4. The summed E-state index contributed by atoms with van der Waals surface area (Å²) in [4.78, 5) is 16.5. The molecule has 0 radical (unpaired) electrons. The van der Waals surface area contributed by atoms with Gasteiger partial charge in [0.25, 0.3) is 0 Å². The number of nitrogens with zero attached hydrogens (tertiary/aromatic N) is 4. The van der Waals surface area contributed by atoms with E-state index in [1.54, 1.807) is 13.3 Å². The van der Waals surface area contributed by atoms with E-state index < -0.39 is 0 Å². The highest BCUT2D eigenvalue weighted by atomic mass is 16.5. The Labute approximate surface area is 142 Å². The number of rotatable bonds is 5. The van der Waals surface area contributed by atoms with E-state index in [2.05, 4.69) is 15.1 Å². The van der Waals surface area contributed by atoms with E-state index in [0.29, 0.717) is 6.42 Å². The number of benzene rings is 1. The number of carbonyl (C=O) groups excluding carboxylic acids is 1. The minimum atomic E-state index is 0.213. The number of piperazine rings is 1. The van der Waals surface area contributed by atoms with Gasteiger partial charge < -0.3 is 14.5 Å². The van der Waals surface area contributed by atoms with Crippen LogP contribution in [0.5, 0.6) is 5.75 Å². The van der Waals surface area contributed by atoms with Gasteiger partial charge >= 0.3 is 0 Å². The molecule has 1 saturated heterocycles. The molecule has 0 bridgehead atoms. The highest BCUT2D eigenvalue weighted by molar-refractivity contribution is 5.76. The Hall–Kier alpha value is -2.63. The molecule has 24 heavy (non-hydrogen) atoms. The van der Waals surface area contributed by atoms with E-state index in [9.17, 15) is 4.79 Å². The van der Waals surface area contributed by atoms with Gasteiger partial charge in [-0.3, -0.25) is 4.79 Å². The topological polar surface area (TPSA) is 58.6 Å². The molecule has 3 rings (SSSR count). The van der Waals surface area contributed by atoms with Crippen molar-refractivity contribution in [2.24, 2.45) is 0 Å². The Balaban J connectivity index is 1.46. The van der Waals surface area contributed by atoms with Gasteiger partial charge in [0.2, 0.25) is 5.91 Å². The van der Waals surface area contributed by atoms with Crippen LogP contribution in [0.1, 0.15) is 12.0 Å². The van der Waals surface area contributed by atoms with Crippen LogP contribution in [0.2, 0.25) is 0 Å². The largest absolute Gasteiger partial charge is 0.497 e. The molecule has 1 amide bonds. The smallest absolute Gasteiger partial charge is 0.223 e. The summed E-state index contributed by atoms with van der Waals surface area (Å²) in [5.74, 6) is 1.93. The molecule has 126 valence electrons. The van der Waals surface area contributed by atoms with Crippen LogP contribution in [0.25, 0.3) is 0 Å². The molecule has 1 aromatic heterocycles. The number of amides is 1. The van der Waals surface area contributed by atoms with Crippen LogP contribution in [-0.2, 0) is 11.2 Å². The van der Waals surface area contributed by atoms with Crippen molar-refractivity contribution in [3.8, 4) is 5.75 Å². The van der Waals surface area contributed by atoms with Crippen molar-refractivity contribution in [1.29, 1.82) is 0 Å². The van der Waals surface area contributed by atoms with Crippen molar-refractivity contribution in [1.82, 2.24) is 15.1 Å². The quantitative estimate of drug-likeness (QED) is 0.838. The highest BCUT2D eigenvalue weighted by Crippen LogP contribution is 2.15. The molecule has 1 aliphatic heterocycles. The van der Waals surface area contributed by atoms with Gasteiger partial charge in [0, 0.05) is 38.8 Å². The lowest BCUT2D eigenvalue weighted by Crippen LogP contribution is -2.49. The van der Waals surface area contributed by atoms with Crippen LogP contribution in [-0.4, -0.2) is 54.3 Å². The molecular formula is C18H22N4O2. The Morgan fingerprint density at radius 3 is 2.50 bits per heavy atom. The lowest BCUT2D eigenvalue weighted by atomic mass is 10.1. The van der Waals surface area contributed by atoms with Crippen LogP contribution in [0.3, 0.4) is 0 Å². The summed E-state index contributed by atoms with van der Waals surface area (Å²) in [5.41, 5.74) is 1.15. The number of aryl methyl sites for hydroxylation is 1. The molecule has 1 fully saturated rings. The summed E-state index contributed by atoms with van der Waals surface area (Å²) in [6, 6.07) is 11.7. The summed E-state index contributed by atoms with van der Waals surface area (Å²) in [6.07, 6.45) is 2.97. The molecule has 1 aliphatic rings. The van der Waals surface area contributed by atoms with E-state index in [1.807, 2.05) is 41.3 Å². The third kappa shape index (κ3) is 4.01. The van der Waals surface area contributed by atoms with Gasteiger partial charge in [-0.2, -0.15) is 5.10 Å². The Kier molecular flexibility index (Phi) is 5.25. The third-order valence-electron chi connectivity index (χ3n) is 4.30. The molecule has 2 heterocycles.